The van der Waals surface area contributed by atoms with Crippen molar-refractivity contribution in [2.45, 2.75) is 31.8 Å². The highest BCUT2D eigenvalue weighted by Gasteiger charge is 2.37. The highest BCUT2D eigenvalue weighted by molar-refractivity contribution is 5.98. The first-order chi connectivity index (χ1) is 14.4. The average Bonchev–Trinajstić information content (AvgIpc) is 3.08. The zero-order valence-electron chi connectivity index (χ0n) is 16.6. The highest BCUT2D eigenvalue weighted by Crippen LogP contribution is 2.30. The minimum atomic E-state index is -1.50. The molecule has 4 rings (SSSR count). The first-order valence-electron chi connectivity index (χ1n) is 9.54. The molecule has 1 unspecified atom stereocenters. The molecule has 1 amide bonds. The monoisotopic (exact) mass is 411 g/mol. The molecule has 30 heavy (non-hydrogen) atoms. The third-order valence-electron chi connectivity index (χ3n) is 4.97. The summed E-state index contributed by atoms with van der Waals surface area (Å²) >= 11 is 0. The van der Waals surface area contributed by atoms with Crippen LogP contribution in [0.3, 0.4) is 0 Å². The van der Waals surface area contributed by atoms with E-state index in [1.807, 2.05) is 30.3 Å². The standard InChI is InChI=1S/C21H22FN5O3/c1-13-17(21(29)26(2)19-16(30-13)9-6-10-23-19)24-20(28)18-15(22)12-27(25-18)11-14-7-4-3-5-8-14/h3-10,12-13,17,20,24,28H,11H2,1-2H3/t13-,17+,20?/m1/s1. The third-order valence-corrected chi connectivity index (χ3v) is 4.97. The molecule has 156 valence electrons. The van der Waals surface area contributed by atoms with Crippen LogP contribution in [0.5, 0.6) is 5.75 Å². The van der Waals surface area contributed by atoms with Gasteiger partial charge in [0.15, 0.2) is 23.6 Å². The van der Waals surface area contributed by atoms with Crippen molar-refractivity contribution >= 4 is 11.7 Å². The van der Waals surface area contributed by atoms with E-state index in [0.29, 0.717) is 18.1 Å². The lowest BCUT2D eigenvalue weighted by Crippen LogP contribution is -2.52. The molecule has 1 aliphatic heterocycles. The molecule has 0 fully saturated rings. The summed E-state index contributed by atoms with van der Waals surface area (Å²) in [5, 5.41) is 17.5. The smallest absolute Gasteiger partial charge is 0.249 e. The summed E-state index contributed by atoms with van der Waals surface area (Å²) in [6, 6.07) is 12.0. The topological polar surface area (TPSA) is 92.5 Å². The Morgan fingerprint density at radius 3 is 2.80 bits per heavy atom. The minimum absolute atomic E-state index is 0.187. The SMILES string of the molecule is C[C@H]1Oc2cccnc2N(C)C(=O)[C@H]1NC(O)c1nn(Cc2ccccc2)cc1F. The molecule has 1 aromatic carbocycles. The van der Waals surface area contributed by atoms with E-state index in [1.165, 1.54) is 15.8 Å². The van der Waals surface area contributed by atoms with Gasteiger partial charge in [0.25, 0.3) is 0 Å². The second-order valence-electron chi connectivity index (χ2n) is 7.14. The Morgan fingerprint density at radius 1 is 1.27 bits per heavy atom. The maximum atomic E-state index is 14.5. The van der Waals surface area contributed by atoms with E-state index in [0.717, 1.165) is 5.56 Å². The Hall–Kier alpha value is -3.30. The molecular weight excluding hydrogens is 389 g/mol. The number of nitrogens with zero attached hydrogens (tertiary/aromatic N) is 4. The molecule has 3 heterocycles. The van der Waals surface area contributed by atoms with E-state index in [1.54, 1.807) is 32.3 Å². The van der Waals surface area contributed by atoms with Crippen molar-refractivity contribution in [3.05, 3.63) is 71.9 Å². The number of aromatic nitrogens is 3. The summed E-state index contributed by atoms with van der Waals surface area (Å²) in [6.07, 6.45) is 0.654. The number of fused-ring (bicyclic) bond motifs is 1. The Balaban J connectivity index is 1.52. The van der Waals surface area contributed by atoms with E-state index in [-0.39, 0.29) is 11.6 Å². The van der Waals surface area contributed by atoms with E-state index in [2.05, 4.69) is 15.4 Å². The van der Waals surface area contributed by atoms with E-state index in [4.69, 9.17) is 4.74 Å². The van der Waals surface area contributed by atoms with Gasteiger partial charge in [-0.2, -0.15) is 5.10 Å². The fourth-order valence-electron chi connectivity index (χ4n) is 3.41. The number of aliphatic hydroxyl groups excluding tert-OH is 1. The molecule has 1 aliphatic rings. The van der Waals surface area contributed by atoms with Crippen molar-refractivity contribution in [1.82, 2.24) is 20.1 Å². The van der Waals surface area contributed by atoms with Gasteiger partial charge in [0.1, 0.15) is 17.8 Å². The second-order valence-corrected chi connectivity index (χ2v) is 7.14. The van der Waals surface area contributed by atoms with Crippen LogP contribution in [0.25, 0.3) is 0 Å². The summed E-state index contributed by atoms with van der Waals surface area (Å²) in [6.45, 7) is 2.05. The maximum Gasteiger partial charge on any atom is 0.249 e. The van der Waals surface area contributed by atoms with Gasteiger partial charge >= 0.3 is 0 Å². The van der Waals surface area contributed by atoms with Gasteiger partial charge in [-0.15, -0.1) is 0 Å². The zero-order valence-corrected chi connectivity index (χ0v) is 16.6. The minimum Gasteiger partial charge on any atom is -0.485 e. The molecule has 9 heteroatoms. The normalized spacial score (nSPS) is 19.7. The second kappa shape index (κ2) is 8.21. The summed E-state index contributed by atoms with van der Waals surface area (Å²) in [5.74, 6) is -0.188. The predicted molar refractivity (Wildman–Crippen MR) is 107 cm³/mol. The molecule has 0 bridgehead atoms. The van der Waals surface area contributed by atoms with Crippen molar-refractivity contribution < 1.29 is 19.0 Å². The van der Waals surface area contributed by atoms with Gasteiger partial charge in [-0.3, -0.25) is 19.7 Å². The zero-order chi connectivity index (χ0) is 21.3. The van der Waals surface area contributed by atoms with Crippen molar-refractivity contribution in [3.8, 4) is 5.75 Å². The van der Waals surface area contributed by atoms with Crippen LogP contribution in [0.4, 0.5) is 10.2 Å². The quantitative estimate of drug-likeness (QED) is 0.623. The number of ether oxygens (including phenoxy) is 1. The van der Waals surface area contributed by atoms with Crippen molar-refractivity contribution in [2.75, 3.05) is 11.9 Å². The fraction of sp³-hybridized carbons (Fsp3) is 0.286. The van der Waals surface area contributed by atoms with Crippen LogP contribution in [0.15, 0.2) is 54.9 Å². The number of hydrogen-bond donors (Lipinski definition) is 2. The van der Waals surface area contributed by atoms with Gasteiger partial charge in [-0.1, -0.05) is 30.3 Å². The molecule has 3 atom stereocenters. The lowest BCUT2D eigenvalue weighted by Gasteiger charge is -2.25. The van der Waals surface area contributed by atoms with Gasteiger partial charge in [0.2, 0.25) is 5.91 Å². The number of carbonyl (C=O) groups excluding carboxylic acids is 1. The molecule has 0 saturated carbocycles. The average molecular weight is 411 g/mol. The summed E-state index contributed by atoms with van der Waals surface area (Å²) in [4.78, 5) is 18.5. The maximum absolute atomic E-state index is 14.5. The number of amides is 1. The van der Waals surface area contributed by atoms with Crippen LogP contribution in [0.2, 0.25) is 0 Å². The van der Waals surface area contributed by atoms with E-state index < -0.39 is 24.2 Å². The van der Waals surface area contributed by atoms with Gasteiger partial charge < -0.3 is 9.84 Å². The molecule has 0 spiro atoms. The van der Waals surface area contributed by atoms with Gasteiger partial charge in [-0.05, 0) is 24.6 Å². The molecular formula is C21H22FN5O3. The number of aliphatic hydroxyl groups is 1. The largest absolute Gasteiger partial charge is 0.485 e. The summed E-state index contributed by atoms with van der Waals surface area (Å²) in [7, 11) is 1.58. The van der Waals surface area contributed by atoms with Gasteiger partial charge in [-0.25, -0.2) is 9.37 Å². The number of likely N-dealkylation sites (N-methyl/N-ethyl adjacent to an activating group) is 1. The third kappa shape index (κ3) is 3.89. The van der Waals surface area contributed by atoms with Crippen LogP contribution >= 0.6 is 0 Å². The summed E-state index contributed by atoms with van der Waals surface area (Å²) in [5.41, 5.74) is 0.760. The Bertz CT molecular complexity index is 1040. The fourth-order valence-corrected chi connectivity index (χ4v) is 3.41. The van der Waals surface area contributed by atoms with Crippen LogP contribution in [-0.2, 0) is 11.3 Å². The number of hydrogen-bond acceptors (Lipinski definition) is 6. The predicted octanol–water partition coefficient (Wildman–Crippen LogP) is 1.86. The Morgan fingerprint density at radius 2 is 2.03 bits per heavy atom. The van der Waals surface area contributed by atoms with E-state index in [9.17, 15) is 14.3 Å². The number of rotatable bonds is 5. The molecule has 2 N–H and O–H groups in total. The number of carbonyl (C=O) groups is 1. The van der Waals surface area contributed by atoms with Crippen molar-refractivity contribution in [3.63, 3.8) is 0 Å². The number of halogens is 1. The number of pyridine rings is 1. The number of benzene rings is 1. The van der Waals surface area contributed by atoms with Crippen molar-refractivity contribution in [1.29, 1.82) is 0 Å². The highest BCUT2D eigenvalue weighted by atomic mass is 19.1. The molecule has 0 aliphatic carbocycles. The van der Waals surface area contributed by atoms with Crippen LogP contribution < -0.4 is 15.0 Å². The van der Waals surface area contributed by atoms with Gasteiger partial charge in [0, 0.05) is 13.2 Å². The van der Waals surface area contributed by atoms with Crippen LogP contribution in [0, 0.1) is 5.82 Å². The lowest BCUT2D eigenvalue weighted by atomic mass is 10.1. The van der Waals surface area contributed by atoms with Crippen LogP contribution in [0.1, 0.15) is 24.4 Å². The van der Waals surface area contributed by atoms with Gasteiger partial charge in [0.05, 0.1) is 12.7 Å². The molecule has 0 saturated heterocycles. The molecule has 0 radical (unpaired) electrons. The first-order valence-corrected chi connectivity index (χ1v) is 9.54. The Kier molecular flexibility index (Phi) is 5.47. The molecule has 3 aromatic rings. The lowest BCUT2D eigenvalue weighted by molar-refractivity contribution is -0.123. The first kappa shape index (κ1) is 20.0. The molecule has 2 aromatic heterocycles. The Labute approximate surface area is 172 Å². The number of nitrogens with one attached hydrogen (secondary N) is 1. The van der Waals surface area contributed by atoms with E-state index >= 15 is 0 Å². The van der Waals surface area contributed by atoms with Crippen LogP contribution in [-0.4, -0.2) is 45.0 Å². The van der Waals surface area contributed by atoms with Crippen molar-refractivity contribution in [2.24, 2.45) is 0 Å². The number of anilines is 1. The summed E-state index contributed by atoms with van der Waals surface area (Å²) < 4.78 is 21.7. The molecule has 8 nitrogen and oxygen atoms in total.